The maximum Gasteiger partial charge on any atom is 0.259 e. The second kappa shape index (κ2) is 6.64. The number of hydrogen-bond donors (Lipinski definition) is 2. The van der Waals surface area contributed by atoms with E-state index >= 15 is 0 Å². The summed E-state index contributed by atoms with van der Waals surface area (Å²) in [6, 6.07) is 15.0. The minimum atomic E-state index is -0.239. The number of likely N-dealkylation sites (tertiary alicyclic amines) is 1. The number of aromatic amines is 2. The van der Waals surface area contributed by atoms with Gasteiger partial charge in [-0.15, -0.1) is 0 Å². The summed E-state index contributed by atoms with van der Waals surface area (Å²) in [7, 11) is 0. The lowest BCUT2D eigenvalue weighted by Gasteiger charge is -2.34. The molecule has 3 heterocycles. The Labute approximate surface area is 161 Å². The second-order valence-corrected chi connectivity index (χ2v) is 7.23. The van der Waals surface area contributed by atoms with Crippen LogP contribution < -0.4 is 5.43 Å². The first-order valence-electron chi connectivity index (χ1n) is 9.58. The van der Waals surface area contributed by atoms with E-state index in [2.05, 4.69) is 9.97 Å². The average molecular weight is 372 g/mol. The standard InChI is InChI=1S/C22H20N4O2/c27-20-14-7-1-2-8-16(14)23-13-15(20)22(28)26-12-6-5-11-19(26)21-24-17-9-3-4-10-18(17)25-21/h1-4,7-10,13,19H,5-6,11-12H2,(H,23,27)(H,24,25). The van der Waals surface area contributed by atoms with Crippen LogP contribution in [0.4, 0.5) is 0 Å². The van der Waals surface area contributed by atoms with Gasteiger partial charge in [-0.05, 0) is 43.5 Å². The van der Waals surface area contributed by atoms with Crippen LogP contribution in [0, 0.1) is 0 Å². The summed E-state index contributed by atoms with van der Waals surface area (Å²) in [5, 5.41) is 0.533. The Morgan fingerprint density at radius 2 is 1.82 bits per heavy atom. The van der Waals surface area contributed by atoms with E-state index in [1.54, 1.807) is 11.0 Å². The fraction of sp³-hybridized carbons (Fsp3) is 0.227. The molecule has 0 bridgehead atoms. The third-order valence-electron chi connectivity index (χ3n) is 5.51. The summed E-state index contributed by atoms with van der Waals surface area (Å²) in [4.78, 5) is 39.2. The summed E-state index contributed by atoms with van der Waals surface area (Å²) < 4.78 is 0. The van der Waals surface area contributed by atoms with Crippen molar-refractivity contribution in [2.75, 3.05) is 6.54 Å². The molecule has 1 aliphatic rings. The van der Waals surface area contributed by atoms with Crippen LogP contribution in [0.3, 0.4) is 0 Å². The van der Waals surface area contributed by atoms with Crippen molar-refractivity contribution >= 4 is 27.8 Å². The Morgan fingerprint density at radius 1 is 1.04 bits per heavy atom. The number of carbonyl (C=O) groups is 1. The first-order chi connectivity index (χ1) is 13.7. The van der Waals surface area contributed by atoms with E-state index in [1.165, 1.54) is 6.20 Å². The summed E-state index contributed by atoms with van der Waals surface area (Å²) in [6.07, 6.45) is 4.32. The van der Waals surface area contributed by atoms with Gasteiger partial charge in [0, 0.05) is 23.6 Å². The number of pyridine rings is 1. The maximum atomic E-state index is 13.3. The number of fused-ring (bicyclic) bond motifs is 2. The zero-order valence-electron chi connectivity index (χ0n) is 15.3. The number of amides is 1. The van der Waals surface area contributed by atoms with E-state index < -0.39 is 0 Å². The van der Waals surface area contributed by atoms with E-state index in [-0.39, 0.29) is 22.9 Å². The van der Waals surface area contributed by atoms with Crippen molar-refractivity contribution in [3.05, 3.63) is 76.3 Å². The van der Waals surface area contributed by atoms with Gasteiger partial charge in [0.25, 0.3) is 5.91 Å². The number of imidazole rings is 1. The molecular formula is C22H20N4O2. The molecule has 1 aliphatic heterocycles. The van der Waals surface area contributed by atoms with Crippen LogP contribution in [0.15, 0.2) is 59.5 Å². The smallest absolute Gasteiger partial charge is 0.259 e. The molecule has 2 aromatic carbocycles. The molecule has 0 radical (unpaired) electrons. The summed E-state index contributed by atoms with van der Waals surface area (Å²) in [5.41, 5.74) is 2.53. The molecule has 0 spiro atoms. The van der Waals surface area contributed by atoms with Crippen LogP contribution in [0.2, 0.25) is 0 Å². The van der Waals surface area contributed by atoms with Crippen LogP contribution in [-0.2, 0) is 0 Å². The van der Waals surface area contributed by atoms with Crippen molar-refractivity contribution in [2.45, 2.75) is 25.3 Å². The van der Waals surface area contributed by atoms with Crippen LogP contribution in [-0.4, -0.2) is 32.3 Å². The van der Waals surface area contributed by atoms with E-state index in [0.29, 0.717) is 11.9 Å². The lowest BCUT2D eigenvalue weighted by Crippen LogP contribution is -2.40. The number of para-hydroxylation sites is 3. The largest absolute Gasteiger partial charge is 0.360 e. The number of carbonyl (C=O) groups excluding carboxylic acids is 1. The molecule has 1 saturated heterocycles. The van der Waals surface area contributed by atoms with E-state index in [0.717, 1.165) is 41.6 Å². The molecule has 5 rings (SSSR count). The van der Waals surface area contributed by atoms with Gasteiger partial charge < -0.3 is 14.9 Å². The molecule has 6 nitrogen and oxygen atoms in total. The number of rotatable bonds is 2. The fourth-order valence-corrected chi connectivity index (χ4v) is 4.07. The predicted molar refractivity (Wildman–Crippen MR) is 108 cm³/mol. The Kier molecular flexibility index (Phi) is 3.97. The first kappa shape index (κ1) is 16.7. The zero-order chi connectivity index (χ0) is 19.1. The van der Waals surface area contributed by atoms with Crippen molar-refractivity contribution in [2.24, 2.45) is 0 Å². The number of benzene rings is 2. The maximum absolute atomic E-state index is 13.3. The highest BCUT2D eigenvalue weighted by Crippen LogP contribution is 2.31. The third-order valence-corrected chi connectivity index (χ3v) is 5.51. The van der Waals surface area contributed by atoms with Gasteiger partial charge in [-0.1, -0.05) is 24.3 Å². The minimum Gasteiger partial charge on any atom is -0.360 e. The highest BCUT2D eigenvalue weighted by Gasteiger charge is 2.32. The van der Waals surface area contributed by atoms with Crippen LogP contribution in [0.1, 0.15) is 41.5 Å². The highest BCUT2D eigenvalue weighted by atomic mass is 16.2. The molecular weight excluding hydrogens is 352 g/mol. The minimum absolute atomic E-state index is 0.153. The number of aromatic nitrogens is 3. The Bertz CT molecular complexity index is 1210. The Hall–Kier alpha value is -3.41. The van der Waals surface area contributed by atoms with Gasteiger partial charge in [0.15, 0.2) is 0 Å². The fourth-order valence-electron chi connectivity index (χ4n) is 4.07. The summed E-state index contributed by atoms with van der Waals surface area (Å²) >= 11 is 0. The lowest BCUT2D eigenvalue weighted by molar-refractivity contribution is 0.0600. The summed E-state index contributed by atoms with van der Waals surface area (Å²) in [5.74, 6) is 0.545. The lowest BCUT2D eigenvalue weighted by atomic mass is 10.00. The van der Waals surface area contributed by atoms with Crippen molar-refractivity contribution < 1.29 is 4.79 Å². The van der Waals surface area contributed by atoms with Gasteiger partial charge in [-0.3, -0.25) is 9.59 Å². The molecule has 1 amide bonds. The monoisotopic (exact) mass is 372 g/mol. The molecule has 6 heteroatoms. The van der Waals surface area contributed by atoms with E-state index in [4.69, 9.17) is 4.98 Å². The molecule has 1 atom stereocenters. The van der Waals surface area contributed by atoms with Crippen LogP contribution in [0.5, 0.6) is 0 Å². The SMILES string of the molecule is O=C(c1c[nH]c2ccccc2c1=O)N1CCCCC1c1nc2ccccc2[nH]1. The number of nitrogens with zero attached hydrogens (tertiary/aromatic N) is 2. The zero-order valence-corrected chi connectivity index (χ0v) is 15.3. The van der Waals surface area contributed by atoms with Gasteiger partial charge in [-0.25, -0.2) is 4.98 Å². The van der Waals surface area contributed by atoms with Crippen LogP contribution in [0.25, 0.3) is 21.9 Å². The predicted octanol–water partition coefficient (Wildman–Crippen LogP) is 3.77. The normalized spacial score (nSPS) is 17.3. The van der Waals surface area contributed by atoms with Gasteiger partial charge in [0.05, 0.1) is 17.1 Å². The average Bonchev–Trinajstić information content (AvgIpc) is 3.18. The molecule has 28 heavy (non-hydrogen) atoms. The molecule has 4 aromatic rings. The summed E-state index contributed by atoms with van der Waals surface area (Å²) in [6.45, 7) is 0.618. The van der Waals surface area contributed by atoms with Crippen molar-refractivity contribution in [3.8, 4) is 0 Å². The molecule has 140 valence electrons. The van der Waals surface area contributed by atoms with Gasteiger partial charge >= 0.3 is 0 Å². The molecule has 1 fully saturated rings. The van der Waals surface area contributed by atoms with E-state index in [9.17, 15) is 9.59 Å². The molecule has 1 unspecified atom stereocenters. The van der Waals surface area contributed by atoms with Gasteiger partial charge in [0.1, 0.15) is 11.4 Å². The molecule has 2 aromatic heterocycles. The van der Waals surface area contributed by atoms with Crippen molar-refractivity contribution in [3.63, 3.8) is 0 Å². The number of nitrogens with one attached hydrogen (secondary N) is 2. The van der Waals surface area contributed by atoms with Gasteiger partial charge in [0.2, 0.25) is 5.43 Å². The van der Waals surface area contributed by atoms with E-state index in [1.807, 2.05) is 42.5 Å². The van der Waals surface area contributed by atoms with Crippen LogP contribution >= 0.6 is 0 Å². The molecule has 0 saturated carbocycles. The van der Waals surface area contributed by atoms with Crippen molar-refractivity contribution in [1.29, 1.82) is 0 Å². The Balaban J connectivity index is 1.55. The number of piperidine rings is 1. The van der Waals surface area contributed by atoms with Gasteiger partial charge in [-0.2, -0.15) is 0 Å². The number of H-pyrrole nitrogens is 2. The quantitative estimate of drug-likeness (QED) is 0.562. The molecule has 0 aliphatic carbocycles. The highest BCUT2D eigenvalue weighted by molar-refractivity contribution is 5.97. The third kappa shape index (κ3) is 2.69. The first-order valence-corrected chi connectivity index (χ1v) is 9.58. The topological polar surface area (TPSA) is 81.8 Å². The molecule has 2 N–H and O–H groups in total. The van der Waals surface area contributed by atoms with Crippen molar-refractivity contribution in [1.82, 2.24) is 19.9 Å². The Morgan fingerprint density at radius 3 is 2.68 bits per heavy atom. The number of hydrogen-bond acceptors (Lipinski definition) is 3. The second-order valence-electron chi connectivity index (χ2n) is 7.23.